The second-order valence-electron chi connectivity index (χ2n) is 5.38. The lowest BCUT2D eigenvalue weighted by Gasteiger charge is -2.16. The first-order valence-electron chi connectivity index (χ1n) is 7.49. The van der Waals surface area contributed by atoms with Crippen LogP contribution in [0.15, 0.2) is 29.1 Å². The summed E-state index contributed by atoms with van der Waals surface area (Å²) in [5, 5.41) is 11.7. The minimum atomic E-state index is -0.604. The zero-order valence-corrected chi connectivity index (χ0v) is 14.6. The maximum absolute atomic E-state index is 13.0. The highest BCUT2D eigenvalue weighted by molar-refractivity contribution is 6.33. The molecular formula is C17H15ClN2O5. The molecule has 0 fully saturated rings. The molecule has 0 N–H and O–H groups in total. The molecule has 0 amide bonds. The fourth-order valence-corrected chi connectivity index (χ4v) is 3.22. The fraction of sp³-hybridized carbons (Fsp3) is 0.235. The van der Waals surface area contributed by atoms with Crippen molar-refractivity contribution in [1.82, 2.24) is 4.57 Å². The van der Waals surface area contributed by atoms with Gasteiger partial charge in [0.2, 0.25) is 5.43 Å². The van der Waals surface area contributed by atoms with Gasteiger partial charge in [0.05, 0.1) is 40.9 Å². The molecule has 3 aromatic rings. The van der Waals surface area contributed by atoms with Gasteiger partial charge in [0.1, 0.15) is 16.5 Å². The van der Waals surface area contributed by atoms with Crippen molar-refractivity contribution >= 4 is 39.1 Å². The van der Waals surface area contributed by atoms with Crippen molar-refractivity contribution in [3.63, 3.8) is 0 Å². The summed E-state index contributed by atoms with van der Waals surface area (Å²) in [7, 11) is 2.98. The molecule has 0 unspecified atom stereocenters. The number of hydrogen-bond acceptors (Lipinski definition) is 5. The number of nitrogens with zero attached hydrogens (tertiary/aromatic N) is 2. The van der Waals surface area contributed by atoms with E-state index in [1.807, 2.05) is 11.5 Å². The molecule has 0 saturated heterocycles. The zero-order chi connectivity index (χ0) is 18.3. The summed E-state index contributed by atoms with van der Waals surface area (Å²) >= 11 is 6.04. The molecule has 0 spiro atoms. The number of aromatic nitrogens is 1. The predicted molar refractivity (Wildman–Crippen MR) is 96.2 cm³/mol. The van der Waals surface area contributed by atoms with Gasteiger partial charge in [-0.05, 0) is 13.0 Å². The zero-order valence-electron chi connectivity index (χ0n) is 13.8. The maximum Gasteiger partial charge on any atom is 0.288 e. The maximum atomic E-state index is 13.0. The van der Waals surface area contributed by atoms with Gasteiger partial charge in [-0.2, -0.15) is 0 Å². The van der Waals surface area contributed by atoms with Crippen molar-refractivity contribution in [2.24, 2.45) is 0 Å². The molecule has 2 aromatic carbocycles. The van der Waals surface area contributed by atoms with Crippen LogP contribution in [0.5, 0.6) is 11.5 Å². The summed E-state index contributed by atoms with van der Waals surface area (Å²) in [6.45, 7) is 2.43. The lowest BCUT2D eigenvalue weighted by molar-refractivity contribution is -0.384. The molecule has 0 radical (unpaired) electrons. The summed E-state index contributed by atoms with van der Waals surface area (Å²) < 4.78 is 12.5. The van der Waals surface area contributed by atoms with Crippen molar-refractivity contribution in [2.45, 2.75) is 13.5 Å². The Morgan fingerprint density at radius 1 is 1.16 bits per heavy atom. The normalized spacial score (nSPS) is 11.0. The van der Waals surface area contributed by atoms with Gasteiger partial charge in [-0.15, -0.1) is 0 Å². The molecule has 0 aliphatic rings. The van der Waals surface area contributed by atoms with Gasteiger partial charge in [0, 0.05) is 24.7 Å². The number of aryl methyl sites for hydroxylation is 1. The largest absolute Gasteiger partial charge is 0.497 e. The van der Waals surface area contributed by atoms with Crippen molar-refractivity contribution in [3.05, 3.63) is 49.6 Å². The molecule has 3 rings (SSSR count). The Labute approximate surface area is 147 Å². The topological polar surface area (TPSA) is 83.6 Å². The van der Waals surface area contributed by atoms with E-state index in [2.05, 4.69) is 0 Å². The molecule has 0 aliphatic heterocycles. The molecule has 7 nitrogen and oxygen atoms in total. The predicted octanol–water partition coefficient (Wildman–Crippen LogP) is 3.75. The Kier molecular flexibility index (Phi) is 4.26. The number of benzene rings is 2. The van der Waals surface area contributed by atoms with E-state index in [1.54, 1.807) is 12.1 Å². The summed E-state index contributed by atoms with van der Waals surface area (Å²) in [6, 6.07) is 6.01. The molecule has 1 aromatic heterocycles. The average molecular weight is 363 g/mol. The molecule has 0 aliphatic carbocycles. The van der Waals surface area contributed by atoms with Crippen LogP contribution in [0.25, 0.3) is 21.8 Å². The van der Waals surface area contributed by atoms with Crippen LogP contribution in [-0.2, 0) is 6.54 Å². The number of pyridine rings is 1. The standard InChI is InChI=1S/C17H15ClN2O5/c1-4-19-12-8-11(18)13(20(22)23)7-10(12)17(21)16-14(19)5-9(24-2)6-15(16)25-3/h5-8H,4H2,1-3H3. The molecule has 0 atom stereocenters. The van der Waals surface area contributed by atoms with Crippen LogP contribution in [-0.4, -0.2) is 23.7 Å². The second kappa shape index (κ2) is 6.25. The summed E-state index contributed by atoms with van der Waals surface area (Å²) in [6.07, 6.45) is 0. The first-order chi connectivity index (χ1) is 11.9. The third kappa shape index (κ3) is 2.56. The van der Waals surface area contributed by atoms with Crippen LogP contribution in [0.2, 0.25) is 5.02 Å². The van der Waals surface area contributed by atoms with Gasteiger partial charge < -0.3 is 14.0 Å². The molecule has 0 saturated carbocycles. The first kappa shape index (κ1) is 17.0. The van der Waals surface area contributed by atoms with Gasteiger partial charge in [-0.3, -0.25) is 14.9 Å². The monoisotopic (exact) mass is 362 g/mol. The minimum Gasteiger partial charge on any atom is -0.497 e. The second-order valence-corrected chi connectivity index (χ2v) is 5.78. The van der Waals surface area contributed by atoms with Crippen LogP contribution < -0.4 is 14.9 Å². The van der Waals surface area contributed by atoms with Gasteiger partial charge in [-0.1, -0.05) is 11.6 Å². The summed E-state index contributed by atoms with van der Waals surface area (Å²) in [5.41, 5.74) is 0.474. The fourth-order valence-electron chi connectivity index (χ4n) is 3.00. The Balaban J connectivity index is 2.61. The third-order valence-corrected chi connectivity index (χ3v) is 4.44. The van der Waals surface area contributed by atoms with Gasteiger partial charge in [0.25, 0.3) is 5.69 Å². The number of halogens is 1. The first-order valence-corrected chi connectivity index (χ1v) is 7.86. The average Bonchev–Trinajstić information content (AvgIpc) is 2.60. The molecule has 130 valence electrons. The van der Waals surface area contributed by atoms with E-state index in [-0.39, 0.29) is 21.5 Å². The number of hydrogen-bond donors (Lipinski definition) is 0. The molecule has 0 bridgehead atoms. The van der Waals surface area contributed by atoms with E-state index in [4.69, 9.17) is 21.1 Å². The highest BCUT2D eigenvalue weighted by Gasteiger charge is 2.21. The van der Waals surface area contributed by atoms with E-state index in [9.17, 15) is 14.9 Å². The molecule has 25 heavy (non-hydrogen) atoms. The molecule has 8 heteroatoms. The highest BCUT2D eigenvalue weighted by Crippen LogP contribution is 2.34. The highest BCUT2D eigenvalue weighted by atomic mass is 35.5. The van der Waals surface area contributed by atoms with E-state index in [0.717, 1.165) is 0 Å². The van der Waals surface area contributed by atoms with E-state index >= 15 is 0 Å². The Hall–Kier alpha value is -2.80. The number of methoxy groups -OCH3 is 2. The van der Waals surface area contributed by atoms with Crippen LogP contribution in [0.1, 0.15) is 6.92 Å². The van der Waals surface area contributed by atoms with E-state index < -0.39 is 4.92 Å². The van der Waals surface area contributed by atoms with Crippen molar-refractivity contribution < 1.29 is 14.4 Å². The van der Waals surface area contributed by atoms with Crippen LogP contribution in [0.4, 0.5) is 5.69 Å². The number of ether oxygens (including phenoxy) is 2. The van der Waals surface area contributed by atoms with Crippen molar-refractivity contribution in [2.75, 3.05) is 14.2 Å². The third-order valence-electron chi connectivity index (χ3n) is 4.14. The lowest BCUT2D eigenvalue weighted by Crippen LogP contribution is -2.12. The summed E-state index contributed by atoms with van der Waals surface area (Å²) in [4.78, 5) is 23.6. The van der Waals surface area contributed by atoms with Crippen molar-refractivity contribution in [1.29, 1.82) is 0 Å². The van der Waals surface area contributed by atoms with E-state index in [0.29, 0.717) is 34.5 Å². The number of nitro groups is 1. The number of fused-ring (bicyclic) bond motifs is 2. The Morgan fingerprint density at radius 2 is 1.88 bits per heavy atom. The number of rotatable bonds is 4. The van der Waals surface area contributed by atoms with Crippen molar-refractivity contribution in [3.8, 4) is 11.5 Å². The smallest absolute Gasteiger partial charge is 0.288 e. The van der Waals surface area contributed by atoms with Gasteiger partial charge in [0.15, 0.2) is 0 Å². The minimum absolute atomic E-state index is 0.0201. The summed E-state index contributed by atoms with van der Waals surface area (Å²) in [5.74, 6) is 0.888. The lowest BCUT2D eigenvalue weighted by atomic mass is 10.1. The molecule has 1 heterocycles. The quantitative estimate of drug-likeness (QED) is 0.401. The SMILES string of the molecule is CCn1c2cc(Cl)c([N+](=O)[O-])cc2c(=O)c2c(OC)cc(OC)cc21. The Bertz CT molecular complexity index is 1070. The van der Waals surface area contributed by atoms with Gasteiger partial charge >= 0.3 is 0 Å². The van der Waals surface area contributed by atoms with Crippen LogP contribution >= 0.6 is 11.6 Å². The number of nitro benzene ring substituents is 1. The van der Waals surface area contributed by atoms with E-state index in [1.165, 1.54) is 26.4 Å². The van der Waals surface area contributed by atoms with Gasteiger partial charge in [-0.25, -0.2) is 0 Å². The van der Waals surface area contributed by atoms with Crippen LogP contribution in [0, 0.1) is 10.1 Å². The molecular weight excluding hydrogens is 348 g/mol. The van der Waals surface area contributed by atoms with Crippen LogP contribution in [0.3, 0.4) is 0 Å². The Morgan fingerprint density at radius 3 is 2.44 bits per heavy atom.